The summed E-state index contributed by atoms with van der Waals surface area (Å²) < 4.78 is 1.57. The molecule has 0 unspecified atom stereocenters. The second kappa shape index (κ2) is 5.26. The van der Waals surface area contributed by atoms with E-state index in [0.717, 1.165) is 12.8 Å². The van der Waals surface area contributed by atoms with Gasteiger partial charge in [-0.15, -0.1) is 11.3 Å². The van der Waals surface area contributed by atoms with Gasteiger partial charge < -0.3 is 16.2 Å². The third-order valence-electron chi connectivity index (χ3n) is 3.28. The Morgan fingerprint density at radius 3 is 2.62 bits per heavy atom. The van der Waals surface area contributed by atoms with Crippen LogP contribution in [-0.4, -0.2) is 16.9 Å². The van der Waals surface area contributed by atoms with E-state index in [1.807, 2.05) is 0 Å². The number of thiophene rings is 1. The largest absolute Gasteiger partial charge is 0.506 e. The van der Waals surface area contributed by atoms with Gasteiger partial charge in [-0.05, 0) is 50.8 Å². The Hall–Kier alpha value is -1.12. The first-order valence-electron chi connectivity index (χ1n) is 6.14. The van der Waals surface area contributed by atoms with E-state index in [0.29, 0.717) is 24.0 Å². The minimum absolute atomic E-state index is 0.0273. The van der Waals surface area contributed by atoms with E-state index in [2.05, 4.69) is 37.2 Å². The first kappa shape index (κ1) is 14.8. The normalized spacial score (nSPS) is 14.4. The molecule has 2 amide bonds. The average Bonchev–Trinajstić information content (AvgIpc) is 3.19. The first-order chi connectivity index (χ1) is 9.90. The summed E-state index contributed by atoms with van der Waals surface area (Å²) in [4.78, 5) is 23.7. The third kappa shape index (κ3) is 2.56. The van der Waals surface area contributed by atoms with Crippen LogP contribution in [0.4, 0.5) is 5.00 Å². The van der Waals surface area contributed by atoms with Crippen molar-refractivity contribution < 1.29 is 14.7 Å². The van der Waals surface area contributed by atoms with Crippen LogP contribution in [0.1, 0.15) is 23.2 Å². The average molecular weight is 434 g/mol. The van der Waals surface area contributed by atoms with Gasteiger partial charge in [0.1, 0.15) is 10.8 Å². The van der Waals surface area contributed by atoms with Gasteiger partial charge >= 0.3 is 0 Å². The van der Waals surface area contributed by atoms with Gasteiger partial charge in [0.25, 0.3) is 5.91 Å². The van der Waals surface area contributed by atoms with Crippen molar-refractivity contribution >= 4 is 70.1 Å². The van der Waals surface area contributed by atoms with Crippen molar-refractivity contribution in [1.29, 1.82) is 0 Å². The van der Waals surface area contributed by atoms with E-state index < -0.39 is 5.91 Å². The summed E-state index contributed by atoms with van der Waals surface area (Å²) >= 11 is 7.75. The fourth-order valence-corrected chi connectivity index (χ4v) is 4.53. The lowest BCUT2D eigenvalue weighted by molar-refractivity contribution is -0.117. The van der Waals surface area contributed by atoms with Gasteiger partial charge in [-0.25, -0.2) is 0 Å². The number of hydrogen-bond donors (Lipinski definition) is 3. The zero-order valence-electron chi connectivity index (χ0n) is 10.6. The topological polar surface area (TPSA) is 92.4 Å². The number of nitrogens with two attached hydrogens (primary N) is 1. The van der Waals surface area contributed by atoms with Gasteiger partial charge in [-0.3, -0.25) is 9.59 Å². The molecule has 1 aliphatic carbocycles. The zero-order chi connectivity index (χ0) is 15.3. The molecule has 1 heterocycles. The molecular weight excluding hydrogens is 424 g/mol. The van der Waals surface area contributed by atoms with E-state index in [1.165, 1.54) is 11.3 Å². The highest BCUT2D eigenvalue weighted by atomic mass is 79.9. The number of amides is 2. The molecule has 1 saturated carbocycles. The molecular formula is C13H10Br2N2O3S. The number of benzene rings is 1. The molecule has 1 aromatic carbocycles. The molecule has 0 aliphatic heterocycles. The quantitative estimate of drug-likeness (QED) is 0.690. The smallest absolute Gasteiger partial charge is 0.252 e. The van der Waals surface area contributed by atoms with E-state index in [-0.39, 0.29) is 23.1 Å². The fourth-order valence-electron chi connectivity index (χ4n) is 2.04. The Bertz CT molecular complexity index is 784. The maximum atomic E-state index is 11.9. The number of phenols is 1. The molecule has 0 atom stereocenters. The summed E-state index contributed by atoms with van der Waals surface area (Å²) in [5.41, 5.74) is 5.72. The highest BCUT2D eigenvalue weighted by Crippen LogP contribution is 2.46. The lowest BCUT2D eigenvalue weighted by Crippen LogP contribution is -2.17. The molecule has 0 saturated heterocycles. The van der Waals surface area contributed by atoms with Gasteiger partial charge in [0.15, 0.2) is 0 Å². The minimum Gasteiger partial charge on any atom is -0.506 e. The summed E-state index contributed by atoms with van der Waals surface area (Å²) in [7, 11) is 0. The predicted octanol–water partition coefficient (Wildman–Crippen LogP) is 3.58. The third-order valence-corrected chi connectivity index (χ3v) is 6.06. The Morgan fingerprint density at radius 2 is 2.05 bits per heavy atom. The number of carbonyl (C=O) groups is 2. The summed E-state index contributed by atoms with van der Waals surface area (Å²) in [5.74, 6) is -0.639. The Labute approximate surface area is 140 Å². The number of primary amides is 1. The second-order valence-corrected chi connectivity index (χ2v) is 7.50. The number of carbonyl (C=O) groups excluding carboxylic acids is 2. The number of anilines is 1. The first-order valence-corrected chi connectivity index (χ1v) is 8.54. The molecule has 5 nitrogen and oxygen atoms in total. The van der Waals surface area contributed by atoms with Crippen molar-refractivity contribution in [3.05, 3.63) is 20.6 Å². The number of hydrogen-bond acceptors (Lipinski definition) is 4. The molecule has 0 radical (unpaired) electrons. The molecule has 2 aromatic rings. The van der Waals surface area contributed by atoms with Gasteiger partial charge in [-0.1, -0.05) is 0 Å². The van der Waals surface area contributed by atoms with E-state index in [9.17, 15) is 14.7 Å². The van der Waals surface area contributed by atoms with Crippen LogP contribution in [-0.2, 0) is 4.79 Å². The molecule has 110 valence electrons. The van der Waals surface area contributed by atoms with Gasteiger partial charge in [0.2, 0.25) is 5.91 Å². The summed E-state index contributed by atoms with van der Waals surface area (Å²) in [6.07, 6.45) is 1.75. The van der Waals surface area contributed by atoms with Crippen molar-refractivity contribution in [2.45, 2.75) is 12.8 Å². The number of halogens is 2. The number of fused-ring (bicyclic) bond motifs is 1. The van der Waals surface area contributed by atoms with Crippen molar-refractivity contribution in [1.82, 2.24) is 0 Å². The molecule has 4 N–H and O–H groups in total. The molecule has 1 fully saturated rings. The number of rotatable bonds is 3. The Balaban J connectivity index is 2.19. The molecule has 1 aromatic heterocycles. The maximum absolute atomic E-state index is 11.9. The van der Waals surface area contributed by atoms with E-state index in [1.54, 1.807) is 6.07 Å². The SMILES string of the molecule is NC(=O)c1c(NC(=O)C2CC2)sc2c(Br)c(O)c(Br)cc12. The van der Waals surface area contributed by atoms with Crippen LogP contribution in [0.2, 0.25) is 0 Å². The van der Waals surface area contributed by atoms with Crippen molar-refractivity contribution in [3.63, 3.8) is 0 Å². The second-order valence-electron chi connectivity index (χ2n) is 4.83. The van der Waals surface area contributed by atoms with Crippen LogP contribution in [0.15, 0.2) is 15.0 Å². The standard InChI is InChI=1S/C13H10Br2N2O3S/c14-6-3-5-7(11(16)19)13(17-12(20)4-1-2-4)21-10(5)8(15)9(6)18/h3-4,18H,1-2H2,(H2,16,19)(H,17,20). The van der Waals surface area contributed by atoms with E-state index in [4.69, 9.17) is 5.73 Å². The maximum Gasteiger partial charge on any atom is 0.252 e. The fraction of sp³-hybridized carbons (Fsp3) is 0.231. The monoisotopic (exact) mass is 432 g/mol. The number of nitrogens with one attached hydrogen (secondary N) is 1. The molecule has 0 spiro atoms. The highest BCUT2D eigenvalue weighted by molar-refractivity contribution is 9.11. The number of aromatic hydroxyl groups is 1. The molecule has 1 aliphatic rings. The number of phenolic OH excluding ortho intramolecular Hbond substituents is 1. The van der Waals surface area contributed by atoms with Gasteiger partial charge in [0.05, 0.1) is 19.2 Å². The van der Waals surface area contributed by atoms with Gasteiger partial charge in [0, 0.05) is 11.3 Å². The summed E-state index contributed by atoms with van der Waals surface area (Å²) in [6.45, 7) is 0. The van der Waals surface area contributed by atoms with Crippen LogP contribution in [0.3, 0.4) is 0 Å². The Morgan fingerprint density at radius 1 is 1.38 bits per heavy atom. The van der Waals surface area contributed by atoms with Gasteiger partial charge in [-0.2, -0.15) is 0 Å². The zero-order valence-corrected chi connectivity index (χ0v) is 14.6. The van der Waals surface area contributed by atoms with Crippen molar-refractivity contribution in [2.75, 3.05) is 5.32 Å². The van der Waals surface area contributed by atoms with Crippen LogP contribution in [0.5, 0.6) is 5.75 Å². The predicted molar refractivity (Wildman–Crippen MR) is 88.8 cm³/mol. The van der Waals surface area contributed by atoms with Crippen LogP contribution in [0, 0.1) is 5.92 Å². The summed E-state index contributed by atoms with van der Waals surface area (Å²) in [6, 6.07) is 1.62. The van der Waals surface area contributed by atoms with Crippen molar-refractivity contribution in [2.24, 2.45) is 11.7 Å². The highest BCUT2D eigenvalue weighted by Gasteiger charge is 2.31. The molecule has 8 heteroatoms. The minimum atomic E-state index is -0.614. The van der Waals surface area contributed by atoms with Crippen molar-refractivity contribution in [3.8, 4) is 5.75 Å². The van der Waals surface area contributed by atoms with Crippen LogP contribution in [0.25, 0.3) is 10.1 Å². The van der Waals surface area contributed by atoms with Crippen LogP contribution < -0.4 is 11.1 Å². The molecule has 21 heavy (non-hydrogen) atoms. The lowest BCUT2D eigenvalue weighted by atomic mass is 10.1. The Kier molecular flexibility index (Phi) is 3.71. The van der Waals surface area contributed by atoms with Crippen LogP contribution >= 0.6 is 43.2 Å². The summed E-state index contributed by atoms with van der Waals surface area (Å²) in [5, 5.41) is 13.7. The van der Waals surface area contributed by atoms with E-state index >= 15 is 0 Å². The lowest BCUT2D eigenvalue weighted by Gasteiger charge is -2.03. The molecule has 3 rings (SSSR count). The molecule has 0 bridgehead atoms.